The number of carbonyl (C=O) groups excluding carboxylic acids is 2. The number of esters is 1. The fourth-order valence-electron chi connectivity index (χ4n) is 3.24. The van der Waals surface area contributed by atoms with Gasteiger partial charge in [0, 0.05) is 21.4 Å². The third-order valence-corrected chi connectivity index (χ3v) is 5.81. The molecule has 0 spiro atoms. The van der Waals surface area contributed by atoms with Crippen LogP contribution in [0.15, 0.2) is 58.7 Å². The number of halogens is 1. The Hall–Kier alpha value is -3.49. The van der Waals surface area contributed by atoms with E-state index in [1.54, 1.807) is 54.8 Å². The van der Waals surface area contributed by atoms with Gasteiger partial charge >= 0.3 is 5.97 Å². The lowest BCUT2D eigenvalue weighted by molar-refractivity contribution is 0.0520. The Balaban J connectivity index is 1.89. The SMILES string of the molecule is CCOC(=O)c1nn(-c2cccc(Cl)c2)c(=O)c2c(NC(=O)c3cccc(C)c3)scc12. The predicted octanol–water partition coefficient (Wildman–Crippen LogP) is 4.84. The van der Waals surface area contributed by atoms with Gasteiger partial charge in [-0.1, -0.05) is 35.4 Å². The van der Waals surface area contributed by atoms with Crippen molar-refractivity contribution in [1.29, 1.82) is 0 Å². The first kappa shape index (κ1) is 21.7. The molecule has 32 heavy (non-hydrogen) atoms. The molecule has 1 amide bonds. The van der Waals surface area contributed by atoms with E-state index >= 15 is 0 Å². The zero-order valence-electron chi connectivity index (χ0n) is 17.2. The number of thiophene rings is 1. The summed E-state index contributed by atoms with van der Waals surface area (Å²) >= 11 is 7.23. The van der Waals surface area contributed by atoms with Gasteiger partial charge < -0.3 is 10.1 Å². The minimum absolute atomic E-state index is 0.0197. The molecule has 4 aromatic rings. The monoisotopic (exact) mass is 467 g/mol. The molecule has 1 N–H and O–H groups in total. The molecule has 0 aliphatic heterocycles. The topological polar surface area (TPSA) is 90.3 Å². The third kappa shape index (κ3) is 4.15. The Kier molecular flexibility index (Phi) is 6.07. The molecule has 0 saturated heterocycles. The summed E-state index contributed by atoms with van der Waals surface area (Å²) in [5, 5.41) is 9.89. The van der Waals surface area contributed by atoms with E-state index in [1.807, 2.05) is 13.0 Å². The summed E-state index contributed by atoms with van der Waals surface area (Å²) in [6.45, 7) is 3.72. The molecule has 0 bridgehead atoms. The van der Waals surface area contributed by atoms with Crippen LogP contribution in [0.2, 0.25) is 5.02 Å². The first-order valence-electron chi connectivity index (χ1n) is 9.74. The quantitative estimate of drug-likeness (QED) is 0.424. The summed E-state index contributed by atoms with van der Waals surface area (Å²) in [5.74, 6) is -1.02. The smallest absolute Gasteiger partial charge is 0.359 e. The number of aryl methyl sites for hydroxylation is 1. The number of hydrogen-bond acceptors (Lipinski definition) is 6. The fourth-order valence-corrected chi connectivity index (χ4v) is 4.35. The molecule has 9 heteroatoms. The highest BCUT2D eigenvalue weighted by molar-refractivity contribution is 7.16. The zero-order chi connectivity index (χ0) is 22.8. The molecule has 7 nitrogen and oxygen atoms in total. The minimum atomic E-state index is -0.664. The summed E-state index contributed by atoms with van der Waals surface area (Å²) in [5.41, 5.74) is 1.27. The van der Waals surface area contributed by atoms with Crippen molar-refractivity contribution in [2.45, 2.75) is 13.8 Å². The van der Waals surface area contributed by atoms with Crippen molar-refractivity contribution in [3.63, 3.8) is 0 Å². The van der Waals surface area contributed by atoms with Gasteiger partial charge in [-0.2, -0.15) is 9.78 Å². The molecule has 2 aromatic heterocycles. The summed E-state index contributed by atoms with van der Waals surface area (Å²) in [4.78, 5) is 38.8. The molecular weight excluding hydrogens is 450 g/mol. The molecule has 0 aliphatic rings. The predicted molar refractivity (Wildman–Crippen MR) is 125 cm³/mol. The van der Waals surface area contributed by atoms with E-state index in [0.717, 1.165) is 21.6 Å². The molecule has 0 aliphatic carbocycles. The maximum Gasteiger partial charge on any atom is 0.359 e. The molecule has 4 rings (SSSR count). The Bertz CT molecular complexity index is 1410. The highest BCUT2D eigenvalue weighted by Crippen LogP contribution is 2.31. The van der Waals surface area contributed by atoms with Gasteiger partial charge in [-0.05, 0) is 44.2 Å². The Morgan fingerprint density at radius 1 is 1.19 bits per heavy atom. The van der Waals surface area contributed by atoms with Gasteiger partial charge in [-0.15, -0.1) is 11.3 Å². The van der Waals surface area contributed by atoms with Crippen LogP contribution in [0, 0.1) is 6.92 Å². The molecular formula is C23H18ClN3O4S. The average molecular weight is 468 g/mol. The third-order valence-electron chi connectivity index (χ3n) is 4.68. The van der Waals surface area contributed by atoms with Gasteiger partial charge in [0.05, 0.1) is 17.7 Å². The number of benzene rings is 2. The molecule has 2 heterocycles. The van der Waals surface area contributed by atoms with Crippen LogP contribution >= 0.6 is 22.9 Å². The standard InChI is InChI=1S/C23H18ClN3O4S/c1-3-31-23(30)19-17-12-32-21(25-20(28)14-7-4-6-13(2)10-14)18(17)22(29)27(26-19)16-9-5-8-15(24)11-16/h4-12H,3H2,1-2H3,(H,25,28). The highest BCUT2D eigenvalue weighted by atomic mass is 35.5. The maximum atomic E-state index is 13.4. The number of amides is 1. The molecule has 2 aromatic carbocycles. The molecule has 0 radical (unpaired) electrons. The molecule has 0 saturated carbocycles. The van der Waals surface area contributed by atoms with E-state index < -0.39 is 11.5 Å². The van der Waals surface area contributed by atoms with Gasteiger partial charge in [-0.25, -0.2) is 4.79 Å². The second-order valence-corrected chi connectivity index (χ2v) is 8.26. The molecule has 162 valence electrons. The lowest BCUT2D eigenvalue weighted by Gasteiger charge is -2.10. The van der Waals surface area contributed by atoms with Crippen LogP contribution in [0.5, 0.6) is 0 Å². The van der Waals surface area contributed by atoms with Crippen LogP contribution in [-0.4, -0.2) is 28.3 Å². The average Bonchev–Trinajstić information content (AvgIpc) is 3.18. The van der Waals surface area contributed by atoms with Gasteiger partial charge in [0.2, 0.25) is 0 Å². The maximum absolute atomic E-state index is 13.4. The van der Waals surface area contributed by atoms with E-state index in [-0.39, 0.29) is 23.6 Å². The van der Waals surface area contributed by atoms with Crippen LogP contribution in [0.25, 0.3) is 16.5 Å². The number of fused-ring (bicyclic) bond motifs is 1. The van der Waals surface area contributed by atoms with Crippen LogP contribution in [0.1, 0.15) is 33.3 Å². The first-order valence-corrected chi connectivity index (χ1v) is 11.0. The number of nitrogens with one attached hydrogen (secondary N) is 1. The zero-order valence-corrected chi connectivity index (χ0v) is 18.8. The van der Waals surface area contributed by atoms with Crippen molar-refractivity contribution in [1.82, 2.24) is 9.78 Å². The lowest BCUT2D eigenvalue weighted by atomic mass is 10.1. The molecule has 0 atom stereocenters. The van der Waals surface area contributed by atoms with E-state index in [1.165, 1.54) is 0 Å². The van der Waals surface area contributed by atoms with Crippen LogP contribution < -0.4 is 10.9 Å². The highest BCUT2D eigenvalue weighted by Gasteiger charge is 2.23. The van der Waals surface area contributed by atoms with Gasteiger partial charge in [-0.3, -0.25) is 9.59 Å². The summed E-state index contributed by atoms with van der Waals surface area (Å²) in [6.07, 6.45) is 0. The Morgan fingerprint density at radius 2 is 1.97 bits per heavy atom. The second kappa shape index (κ2) is 8.94. The number of hydrogen-bond donors (Lipinski definition) is 1. The van der Waals surface area contributed by atoms with E-state index in [0.29, 0.717) is 26.7 Å². The van der Waals surface area contributed by atoms with Crippen LogP contribution in [0.3, 0.4) is 0 Å². The number of aromatic nitrogens is 2. The van der Waals surface area contributed by atoms with Crippen molar-refractivity contribution in [2.75, 3.05) is 11.9 Å². The summed E-state index contributed by atoms with van der Waals surface area (Å²) in [7, 11) is 0. The van der Waals surface area contributed by atoms with Crippen molar-refractivity contribution >= 4 is 50.6 Å². The summed E-state index contributed by atoms with van der Waals surface area (Å²) in [6, 6.07) is 13.7. The first-order chi connectivity index (χ1) is 15.4. The largest absolute Gasteiger partial charge is 0.461 e. The lowest BCUT2D eigenvalue weighted by Crippen LogP contribution is -2.25. The summed E-state index contributed by atoms with van der Waals surface area (Å²) < 4.78 is 6.23. The molecule has 0 fully saturated rings. The van der Waals surface area contributed by atoms with Crippen molar-refractivity contribution in [3.05, 3.63) is 86.1 Å². The number of ether oxygens (including phenoxy) is 1. The number of anilines is 1. The molecule has 0 unspecified atom stereocenters. The van der Waals surface area contributed by atoms with E-state index in [9.17, 15) is 14.4 Å². The Morgan fingerprint density at radius 3 is 2.69 bits per heavy atom. The number of rotatable bonds is 5. The Labute approximate surface area is 192 Å². The van der Waals surface area contributed by atoms with E-state index in [2.05, 4.69) is 10.4 Å². The number of carbonyl (C=O) groups is 2. The van der Waals surface area contributed by atoms with Gasteiger partial charge in [0.25, 0.3) is 11.5 Å². The van der Waals surface area contributed by atoms with E-state index in [4.69, 9.17) is 16.3 Å². The fraction of sp³-hybridized carbons (Fsp3) is 0.130. The van der Waals surface area contributed by atoms with Crippen molar-refractivity contribution in [3.8, 4) is 5.69 Å². The van der Waals surface area contributed by atoms with Crippen LogP contribution in [0.4, 0.5) is 5.00 Å². The van der Waals surface area contributed by atoms with Gasteiger partial charge in [0.1, 0.15) is 5.00 Å². The second-order valence-electron chi connectivity index (χ2n) is 6.94. The minimum Gasteiger partial charge on any atom is -0.461 e. The van der Waals surface area contributed by atoms with Crippen LogP contribution in [-0.2, 0) is 4.74 Å². The normalized spacial score (nSPS) is 10.8. The number of nitrogens with zero attached hydrogens (tertiary/aromatic N) is 2. The van der Waals surface area contributed by atoms with Crippen molar-refractivity contribution < 1.29 is 14.3 Å². The van der Waals surface area contributed by atoms with Crippen molar-refractivity contribution in [2.24, 2.45) is 0 Å². The van der Waals surface area contributed by atoms with Gasteiger partial charge in [0.15, 0.2) is 5.69 Å².